The van der Waals surface area contributed by atoms with Gasteiger partial charge in [0.25, 0.3) is 0 Å². The summed E-state index contributed by atoms with van der Waals surface area (Å²) in [6, 6.07) is 7.47. The van der Waals surface area contributed by atoms with Gasteiger partial charge in [0.05, 0.1) is 6.26 Å². The van der Waals surface area contributed by atoms with Gasteiger partial charge in [0.1, 0.15) is 0 Å². The van der Waals surface area contributed by atoms with E-state index in [1.54, 1.807) is 10.8 Å². The van der Waals surface area contributed by atoms with Gasteiger partial charge in [0.2, 0.25) is 5.82 Å². The van der Waals surface area contributed by atoms with Crippen molar-refractivity contribution in [3.05, 3.63) is 42.3 Å². The number of hydrogen-bond donors (Lipinski definition) is 1. The lowest BCUT2D eigenvalue weighted by molar-refractivity contribution is 0.577. The normalized spacial score (nSPS) is 11.1. The Morgan fingerprint density at radius 1 is 1.31 bits per heavy atom. The van der Waals surface area contributed by atoms with Crippen LogP contribution in [0.3, 0.4) is 0 Å². The molecule has 5 nitrogen and oxygen atoms in total. The molecular formula is C11H10N4O. The highest BCUT2D eigenvalue weighted by molar-refractivity contribution is 5.52. The fraction of sp³-hybridized carbons (Fsp3) is 0.0909. The lowest BCUT2D eigenvalue weighted by atomic mass is 10.3. The van der Waals surface area contributed by atoms with E-state index in [4.69, 9.17) is 10.2 Å². The van der Waals surface area contributed by atoms with Crippen molar-refractivity contribution in [1.29, 1.82) is 0 Å². The monoisotopic (exact) mass is 214 g/mol. The van der Waals surface area contributed by atoms with E-state index in [1.165, 1.54) is 0 Å². The second kappa shape index (κ2) is 3.46. The van der Waals surface area contributed by atoms with E-state index in [0.717, 1.165) is 11.2 Å². The Bertz CT molecular complexity index is 612. The fourth-order valence-corrected chi connectivity index (χ4v) is 1.56. The summed E-state index contributed by atoms with van der Waals surface area (Å²) in [5.41, 5.74) is 7.36. The van der Waals surface area contributed by atoms with E-state index in [9.17, 15) is 0 Å². The summed E-state index contributed by atoms with van der Waals surface area (Å²) >= 11 is 0. The van der Waals surface area contributed by atoms with Crippen LogP contribution in [0, 0.1) is 0 Å². The largest absolute Gasteiger partial charge is 0.461 e. The van der Waals surface area contributed by atoms with Gasteiger partial charge in [-0.25, -0.2) is 9.50 Å². The molecule has 0 radical (unpaired) electrons. The van der Waals surface area contributed by atoms with Crippen LogP contribution in [0.1, 0.15) is 5.56 Å². The highest BCUT2D eigenvalue weighted by atomic mass is 16.3. The molecule has 80 valence electrons. The molecule has 0 aromatic carbocycles. The Balaban J connectivity index is 2.16. The molecule has 3 rings (SSSR count). The van der Waals surface area contributed by atoms with E-state index >= 15 is 0 Å². The number of nitrogens with two attached hydrogens (primary N) is 1. The Kier molecular flexibility index (Phi) is 1.97. The SMILES string of the molecule is NCc1ccc2nc(-c3ccco3)nn2c1. The quantitative estimate of drug-likeness (QED) is 0.701. The van der Waals surface area contributed by atoms with Crippen LogP contribution in [0.4, 0.5) is 0 Å². The first-order valence-corrected chi connectivity index (χ1v) is 4.96. The second-order valence-corrected chi connectivity index (χ2v) is 3.46. The zero-order valence-electron chi connectivity index (χ0n) is 8.50. The number of hydrogen-bond acceptors (Lipinski definition) is 4. The van der Waals surface area contributed by atoms with Crippen molar-refractivity contribution in [2.24, 2.45) is 5.73 Å². The molecule has 16 heavy (non-hydrogen) atoms. The Hall–Kier alpha value is -2.14. The van der Waals surface area contributed by atoms with Crippen LogP contribution in [0.2, 0.25) is 0 Å². The number of nitrogens with zero attached hydrogens (tertiary/aromatic N) is 3. The minimum atomic E-state index is 0.492. The molecule has 0 aliphatic rings. The predicted molar refractivity (Wildman–Crippen MR) is 58.6 cm³/mol. The van der Waals surface area contributed by atoms with Gasteiger partial charge < -0.3 is 10.2 Å². The van der Waals surface area contributed by atoms with E-state index in [-0.39, 0.29) is 0 Å². The van der Waals surface area contributed by atoms with Crippen molar-refractivity contribution >= 4 is 5.65 Å². The molecule has 0 saturated carbocycles. The van der Waals surface area contributed by atoms with Crippen LogP contribution >= 0.6 is 0 Å². The number of furan rings is 1. The summed E-state index contributed by atoms with van der Waals surface area (Å²) in [4.78, 5) is 4.35. The molecule has 0 spiro atoms. The molecular weight excluding hydrogens is 204 g/mol. The van der Waals surface area contributed by atoms with Gasteiger partial charge >= 0.3 is 0 Å². The molecule has 3 heterocycles. The summed E-state index contributed by atoms with van der Waals surface area (Å²) < 4.78 is 6.95. The second-order valence-electron chi connectivity index (χ2n) is 3.46. The third-order valence-corrected chi connectivity index (χ3v) is 2.37. The zero-order chi connectivity index (χ0) is 11.0. The van der Waals surface area contributed by atoms with Gasteiger partial charge in [-0.1, -0.05) is 6.07 Å². The Labute approximate surface area is 91.5 Å². The van der Waals surface area contributed by atoms with Crippen LogP contribution in [0.15, 0.2) is 41.1 Å². The van der Waals surface area contributed by atoms with Gasteiger partial charge in [-0.3, -0.25) is 0 Å². The van der Waals surface area contributed by atoms with Crippen molar-refractivity contribution in [3.63, 3.8) is 0 Å². The summed E-state index contributed by atoms with van der Waals surface area (Å²) in [7, 11) is 0. The average molecular weight is 214 g/mol. The first-order valence-electron chi connectivity index (χ1n) is 4.96. The maximum atomic E-state index is 5.56. The average Bonchev–Trinajstić information content (AvgIpc) is 2.96. The summed E-state index contributed by atoms with van der Waals surface area (Å²) in [6.45, 7) is 0.492. The van der Waals surface area contributed by atoms with E-state index in [0.29, 0.717) is 18.1 Å². The number of fused-ring (bicyclic) bond motifs is 1. The van der Waals surface area contributed by atoms with Crippen molar-refractivity contribution in [2.75, 3.05) is 0 Å². The van der Waals surface area contributed by atoms with Crippen LogP contribution in [0.25, 0.3) is 17.2 Å². The topological polar surface area (TPSA) is 69.3 Å². The van der Waals surface area contributed by atoms with E-state index in [2.05, 4.69) is 10.1 Å². The summed E-state index contributed by atoms with van der Waals surface area (Å²) in [6.07, 6.45) is 3.47. The Morgan fingerprint density at radius 2 is 2.25 bits per heavy atom. The van der Waals surface area contributed by atoms with E-state index < -0.39 is 0 Å². The minimum absolute atomic E-state index is 0.492. The number of pyridine rings is 1. The molecule has 0 fully saturated rings. The minimum Gasteiger partial charge on any atom is -0.461 e. The maximum Gasteiger partial charge on any atom is 0.217 e. The highest BCUT2D eigenvalue weighted by Crippen LogP contribution is 2.16. The molecule has 0 aliphatic carbocycles. The van der Waals surface area contributed by atoms with Crippen LogP contribution in [-0.4, -0.2) is 14.6 Å². The summed E-state index contributed by atoms with van der Waals surface area (Å²) in [5, 5.41) is 4.32. The van der Waals surface area contributed by atoms with Gasteiger partial charge in [-0.15, -0.1) is 5.10 Å². The molecule has 0 saturated heterocycles. The predicted octanol–water partition coefficient (Wildman–Crippen LogP) is 1.45. The standard InChI is InChI=1S/C11H10N4O/c12-6-8-3-4-10-13-11(14-15(10)7-8)9-2-1-5-16-9/h1-5,7H,6,12H2. The molecule has 3 aromatic rings. The molecule has 0 aliphatic heterocycles. The van der Waals surface area contributed by atoms with Crippen LogP contribution in [-0.2, 0) is 6.54 Å². The lowest BCUT2D eigenvalue weighted by Gasteiger charge is -1.95. The molecule has 3 aromatic heterocycles. The van der Waals surface area contributed by atoms with E-state index in [1.807, 2.05) is 30.5 Å². The van der Waals surface area contributed by atoms with Gasteiger partial charge in [-0.05, 0) is 23.8 Å². The van der Waals surface area contributed by atoms with Crippen LogP contribution < -0.4 is 5.73 Å². The maximum absolute atomic E-state index is 5.56. The molecule has 0 unspecified atom stereocenters. The zero-order valence-corrected chi connectivity index (χ0v) is 8.50. The van der Waals surface area contributed by atoms with Gasteiger partial charge in [0, 0.05) is 12.7 Å². The third kappa shape index (κ3) is 1.38. The number of aromatic nitrogens is 3. The highest BCUT2D eigenvalue weighted by Gasteiger charge is 2.08. The van der Waals surface area contributed by atoms with Crippen molar-refractivity contribution < 1.29 is 4.42 Å². The first-order chi connectivity index (χ1) is 7.86. The molecule has 0 atom stereocenters. The van der Waals surface area contributed by atoms with Gasteiger partial charge in [-0.2, -0.15) is 0 Å². The molecule has 0 bridgehead atoms. The molecule has 0 amide bonds. The summed E-state index contributed by atoms with van der Waals surface area (Å²) in [5.74, 6) is 1.25. The number of rotatable bonds is 2. The molecule has 5 heteroatoms. The first kappa shape index (κ1) is 9.11. The smallest absolute Gasteiger partial charge is 0.217 e. The fourth-order valence-electron chi connectivity index (χ4n) is 1.56. The Morgan fingerprint density at radius 3 is 3.00 bits per heavy atom. The van der Waals surface area contributed by atoms with Crippen molar-refractivity contribution in [1.82, 2.24) is 14.6 Å². The molecule has 2 N–H and O–H groups in total. The lowest BCUT2D eigenvalue weighted by Crippen LogP contribution is -1.98. The van der Waals surface area contributed by atoms with Crippen molar-refractivity contribution in [2.45, 2.75) is 6.54 Å². The third-order valence-electron chi connectivity index (χ3n) is 2.37. The van der Waals surface area contributed by atoms with Crippen LogP contribution in [0.5, 0.6) is 0 Å². The van der Waals surface area contributed by atoms with Crippen molar-refractivity contribution in [3.8, 4) is 11.6 Å². The van der Waals surface area contributed by atoms with Gasteiger partial charge in [0.15, 0.2) is 11.4 Å².